The van der Waals surface area contributed by atoms with Gasteiger partial charge in [-0.05, 0) is 48.7 Å². The van der Waals surface area contributed by atoms with Gasteiger partial charge in [0.1, 0.15) is 6.61 Å². The van der Waals surface area contributed by atoms with Crippen LogP contribution in [-0.4, -0.2) is 24.7 Å². The van der Waals surface area contributed by atoms with E-state index in [0.29, 0.717) is 16.5 Å². The lowest BCUT2D eigenvalue weighted by Crippen LogP contribution is -2.48. The number of para-hydroxylation sites is 2. The Bertz CT molecular complexity index is 991. The topological polar surface area (TPSA) is 47.6 Å². The predicted molar refractivity (Wildman–Crippen MR) is 118 cm³/mol. The average Bonchev–Trinajstić information content (AvgIpc) is 2.78. The zero-order valence-corrected chi connectivity index (χ0v) is 17.5. The molecule has 3 unspecified atom stereocenters. The minimum Gasteiger partial charge on any atom is -0.485 e. The lowest BCUT2D eigenvalue weighted by Gasteiger charge is -2.30. The smallest absolute Gasteiger partial charge is 0.264 e. The van der Waals surface area contributed by atoms with Crippen molar-refractivity contribution >= 4 is 17.5 Å². The molecule has 1 aliphatic rings. The molecule has 0 radical (unpaired) electrons. The van der Waals surface area contributed by atoms with Crippen LogP contribution in [0.5, 0.6) is 11.5 Å². The Morgan fingerprint density at radius 2 is 1.67 bits per heavy atom. The number of carbonyl (C=O) groups is 1. The van der Waals surface area contributed by atoms with E-state index in [9.17, 15) is 4.79 Å². The molecule has 0 saturated carbocycles. The van der Waals surface area contributed by atoms with Crippen molar-refractivity contribution < 1.29 is 14.3 Å². The number of hydrogen-bond acceptors (Lipinski definition) is 3. The van der Waals surface area contributed by atoms with Gasteiger partial charge in [0.15, 0.2) is 11.5 Å². The highest BCUT2D eigenvalue weighted by atomic mass is 35.5. The molecular weight excluding hydrogens is 398 g/mol. The molecule has 0 aromatic heterocycles. The molecule has 0 saturated heterocycles. The molecule has 1 N–H and O–H groups in total. The minimum atomic E-state index is -0.672. The third-order valence-corrected chi connectivity index (χ3v) is 5.62. The van der Waals surface area contributed by atoms with Crippen LogP contribution in [0.25, 0.3) is 0 Å². The lowest BCUT2D eigenvalue weighted by atomic mass is 9.86. The van der Waals surface area contributed by atoms with Gasteiger partial charge >= 0.3 is 0 Å². The zero-order valence-electron chi connectivity index (χ0n) is 16.8. The second kappa shape index (κ2) is 9.23. The van der Waals surface area contributed by atoms with Crippen molar-refractivity contribution in [2.24, 2.45) is 0 Å². The molecule has 1 aliphatic heterocycles. The van der Waals surface area contributed by atoms with Crippen LogP contribution in [0.4, 0.5) is 0 Å². The van der Waals surface area contributed by atoms with E-state index in [1.165, 1.54) is 11.1 Å². The summed E-state index contributed by atoms with van der Waals surface area (Å²) in [6.07, 6.45) is 0.113. The highest BCUT2D eigenvalue weighted by Gasteiger charge is 2.30. The number of nitrogens with one attached hydrogen (secondary N) is 1. The first-order valence-electron chi connectivity index (χ1n) is 10.1. The summed E-state index contributed by atoms with van der Waals surface area (Å²) >= 11 is 6.04. The van der Waals surface area contributed by atoms with Crippen LogP contribution in [0.2, 0.25) is 5.02 Å². The highest BCUT2D eigenvalue weighted by molar-refractivity contribution is 6.30. The van der Waals surface area contributed by atoms with Gasteiger partial charge < -0.3 is 14.8 Å². The van der Waals surface area contributed by atoms with Crippen molar-refractivity contribution in [1.82, 2.24) is 5.32 Å². The van der Waals surface area contributed by atoms with Gasteiger partial charge in [-0.2, -0.15) is 0 Å². The Hall–Kier alpha value is -2.98. The van der Waals surface area contributed by atoms with Crippen molar-refractivity contribution in [3.05, 3.63) is 95.0 Å². The Kier molecular flexibility index (Phi) is 6.24. The van der Waals surface area contributed by atoms with Crippen LogP contribution in [0.1, 0.15) is 24.0 Å². The van der Waals surface area contributed by atoms with Crippen molar-refractivity contribution in [1.29, 1.82) is 0 Å². The number of benzene rings is 3. The SMILES string of the molecule is CC(NC(=O)C1COc2ccccc2O1)C(Cc1ccc(Cl)cc1)c1ccccc1. The van der Waals surface area contributed by atoms with Gasteiger partial charge in [-0.3, -0.25) is 4.79 Å². The zero-order chi connectivity index (χ0) is 20.9. The minimum absolute atomic E-state index is 0.101. The van der Waals surface area contributed by atoms with Crippen LogP contribution < -0.4 is 14.8 Å². The van der Waals surface area contributed by atoms with E-state index in [1.54, 1.807) is 0 Å². The van der Waals surface area contributed by atoms with Crippen LogP contribution in [0, 0.1) is 0 Å². The summed E-state index contributed by atoms with van der Waals surface area (Å²) < 4.78 is 11.6. The van der Waals surface area contributed by atoms with Crippen molar-refractivity contribution in [3.8, 4) is 11.5 Å². The molecule has 0 bridgehead atoms. The molecule has 5 heteroatoms. The maximum atomic E-state index is 12.9. The van der Waals surface area contributed by atoms with Gasteiger partial charge in [-0.25, -0.2) is 0 Å². The van der Waals surface area contributed by atoms with E-state index in [4.69, 9.17) is 21.1 Å². The Morgan fingerprint density at radius 3 is 2.40 bits per heavy atom. The fourth-order valence-electron chi connectivity index (χ4n) is 3.72. The highest BCUT2D eigenvalue weighted by Crippen LogP contribution is 2.31. The van der Waals surface area contributed by atoms with E-state index in [0.717, 1.165) is 6.42 Å². The van der Waals surface area contributed by atoms with Gasteiger partial charge in [0.2, 0.25) is 6.10 Å². The predicted octanol–water partition coefficient (Wildman–Crippen LogP) is 5.01. The fourth-order valence-corrected chi connectivity index (χ4v) is 3.85. The number of amides is 1. The molecule has 1 heterocycles. The summed E-state index contributed by atoms with van der Waals surface area (Å²) in [5.41, 5.74) is 2.34. The number of fused-ring (bicyclic) bond motifs is 1. The summed E-state index contributed by atoms with van der Waals surface area (Å²) in [5, 5.41) is 3.85. The second-order valence-electron chi connectivity index (χ2n) is 7.51. The number of halogens is 1. The summed E-state index contributed by atoms with van der Waals surface area (Å²) in [4.78, 5) is 12.9. The molecular formula is C25H24ClNO3. The third kappa shape index (κ3) is 4.77. The molecule has 3 atom stereocenters. The van der Waals surface area contributed by atoms with Gasteiger partial charge in [0.25, 0.3) is 5.91 Å². The molecule has 154 valence electrons. The molecule has 30 heavy (non-hydrogen) atoms. The van der Waals surface area contributed by atoms with Gasteiger partial charge in [-0.1, -0.05) is 66.2 Å². The van der Waals surface area contributed by atoms with Crippen molar-refractivity contribution in [2.45, 2.75) is 31.4 Å². The molecule has 4 rings (SSSR count). The number of rotatable bonds is 6. The van der Waals surface area contributed by atoms with Gasteiger partial charge in [0, 0.05) is 17.0 Å². The maximum absolute atomic E-state index is 12.9. The molecule has 0 aliphatic carbocycles. The maximum Gasteiger partial charge on any atom is 0.264 e. The number of carbonyl (C=O) groups excluding carboxylic acids is 1. The fraction of sp³-hybridized carbons (Fsp3) is 0.240. The summed E-state index contributed by atoms with van der Waals surface area (Å²) in [5.74, 6) is 1.19. The largest absolute Gasteiger partial charge is 0.485 e. The van der Waals surface area contributed by atoms with Gasteiger partial charge in [0.05, 0.1) is 0 Å². The lowest BCUT2D eigenvalue weighted by molar-refractivity contribution is -0.131. The van der Waals surface area contributed by atoms with Crippen molar-refractivity contribution in [2.75, 3.05) is 6.61 Å². The standard InChI is InChI=1S/C25H24ClNO3/c1-17(27-25(28)24-16-29-22-9-5-6-10-23(22)30-24)21(19-7-3-2-4-8-19)15-18-11-13-20(26)14-12-18/h2-14,17,21,24H,15-16H2,1H3,(H,27,28). The Labute approximate surface area is 181 Å². The summed E-state index contributed by atoms with van der Waals surface area (Å²) in [7, 11) is 0. The van der Waals surface area contributed by atoms with Crippen LogP contribution >= 0.6 is 11.6 Å². The normalized spacial score (nSPS) is 17.1. The van der Waals surface area contributed by atoms with Gasteiger partial charge in [-0.15, -0.1) is 0 Å². The van der Waals surface area contributed by atoms with E-state index < -0.39 is 6.10 Å². The quantitative estimate of drug-likeness (QED) is 0.608. The molecule has 3 aromatic carbocycles. The Morgan fingerprint density at radius 1 is 1.00 bits per heavy atom. The summed E-state index contributed by atoms with van der Waals surface area (Å²) in [6.45, 7) is 2.23. The molecule has 0 fully saturated rings. The van der Waals surface area contributed by atoms with E-state index in [-0.39, 0.29) is 24.5 Å². The van der Waals surface area contributed by atoms with E-state index >= 15 is 0 Å². The third-order valence-electron chi connectivity index (χ3n) is 5.37. The van der Waals surface area contributed by atoms with Crippen molar-refractivity contribution in [3.63, 3.8) is 0 Å². The monoisotopic (exact) mass is 421 g/mol. The Balaban J connectivity index is 1.48. The number of hydrogen-bond donors (Lipinski definition) is 1. The first-order valence-corrected chi connectivity index (χ1v) is 10.5. The first-order chi connectivity index (χ1) is 14.6. The average molecular weight is 422 g/mol. The molecule has 3 aromatic rings. The van der Waals surface area contributed by atoms with Crippen LogP contribution in [-0.2, 0) is 11.2 Å². The molecule has 1 amide bonds. The van der Waals surface area contributed by atoms with E-state index in [1.807, 2.05) is 73.7 Å². The molecule has 4 nitrogen and oxygen atoms in total. The second-order valence-corrected chi connectivity index (χ2v) is 7.95. The first kappa shape index (κ1) is 20.3. The summed E-state index contributed by atoms with van der Waals surface area (Å²) in [6, 6.07) is 25.4. The van der Waals surface area contributed by atoms with E-state index in [2.05, 4.69) is 17.4 Å². The molecule has 0 spiro atoms. The number of ether oxygens (including phenoxy) is 2. The van der Waals surface area contributed by atoms with Crippen LogP contribution in [0.3, 0.4) is 0 Å². The van der Waals surface area contributed by atoms with Crippen LogP contribution in [0.15, 0.2) is 78.9 Å².